The molecule has 1 saturated heterocycles. The summed E-state index contributed by atoms with van der Waals surface area (Å²) in [6.45, 7) is 2.36. The minimum Gasteiger partial charge on any atom is -0.481 e. The van der Waals surface area contributed by atoms with Crippen molar-refractivity contribution in [3.05, 3.63) is 0 Å². The first-order chi connectivity index (χ1) is 8.33. The number of carboxylic acids is 1. The SMILES string of the molecule is CCSCCCN1CCC(C(=O)O)(C(F)(F)F)C1. The minimum absolute atomic E-state index is 0.211. The Labute approximate surface area is 109 Å². The molecule has 106 valence electrons. The van der Waals surface area contributed by atoms with E-state index in [-0.39, 0.29) is 13.0 Å². The van der Waals surface area contributed by atoms with Crippen molar-refractivity contribution < 1.29 is 23.1 Å². The molecule has 1 aliphatic heterocycles. The molecule has 18 heavy (non-hydrogen) atoms. The van der Waals surface area contributed by atoms with E-state index in [0.29, 0.717) is 6.54 Å². The quantitative estimate of drug-likeness (QED) is 0.761. The summed E-state index contributed by atoms with van der Waals surface area (Å²) in [6, 6.07) is 0. The van der Waals surface area contributed by atoms with Gasteiger partial charge in [0.15, 0.2) is 5.41 Å². The number of aliphatic carboxylic acids is 1. The number of halogens is 3. The number of nitrogens with zero attached hydrogens (tertiary/aromatic N) is 1. The number of thioether (sulfide) groups is 1. The molecule has 0 radical (unpaired) electrons. The van der Waals surface area contributed by atoms with Crippen molar-refractivity contribution in [1.82, 2.24) is 4.90 Å². The summed E-state index contributed by atoms with van der Waals surface area (Å²) in [7, 11) is 0. The van der Waals surface area contributed by atoms with Crippen LogP contribution >= 0.6 is 11.8 Å². The normalized spacial score (nSPS) is 25.6. The van der Waals surface area contributed by atoms with Crippen molar-refractivity contribution >= 4 is 17.7 Å². The fourth-order valence-corrected chi connectivity index (χ4v) is 2.76. The molecule has 0 aromatic heterocycles. The van der Waals surface area contributed by atoms with Crippen LogP contribution in [0.2, 0.25) is 0 Å². The first-order valence-corrected chi connectivity index (χ1v) is 7.09. The van der Waals surface area contributed by atoms with Gasteiger partial charge in [-0.3, -0.25) is 4.79 Å². The van der Waals surface area contributed by atoms with E-state index in [9.17, 15) is 18.0 Å². The molecule has 7 heteroatoms. The zero-order chi connectivity index (χ0) is 13.8. The highest BCUT2D eigenvalue weighted by Gasteiger charge is 2.63. The Bertz CT molecular complexity index is 299. The van der Waals surface area contributed by atoms with Gasteiger partial charge in [0.25, 0.3) is 0 Å². The van der Waals surface area contributed by atoms with Crippen LogP contribution in [0.1, 0.15) is 19.8 Å². The predicted octanol–water partition coefficient (Wildman–Crippen LogP) is 2.47. The van der Waals surface area contributed by atoms with Gasteiger partial charge >= 0.3 is 12.1 Å². The Morgan fingerprint density at radius 2 is 2.17 bits per heavy atom. The summed E-state index contributed by atoms with van der Waals surface area (Å²) in [4.78, 5) is 12.6. The van der Waals surface area contributed by atoms with Gasteiger partial charge in [-0.25, -0.2) is 0 Å². The maximum atomic E-state index is 12.9. The van der Waals surface area contributed by atoms with Crippen LogP contribution < -0.4 is 0 Å². The summed E-state index contributed by atoms with van der Waals surface area (Å²) in [6.07, 6.45) is -4.22. The van der Waals surface area contributed by atoms with E-state index < -0.39 is 24.1 Å². The highest BCUT2D eigenvalue weighted by Crippen LogP contribution is 2.45. The second-order valence-electron chi connectivity index (χ2n) is 4.46. The van der Waals surface area contributed by atoms with Crippen molar-refractivity contribution in [2.75, 3.05) is 31.1 Å². The van der Waals surface area contributed by atoms with Crippen LogP contribution in [0.15, 0.2) is 0 Å². The Balaban J connectivity index is 2.54. The molecule has 0 spiro atoms. The fourth-order valence-electron chi connectivity index (χ4n) is 2.14. The molecule has 0 amide bonds. The van der Waals surface area contributed by atoms with Gasteiger partial charge in [-0.2, -0.15) is 24.9 Å². The highest BCUT2D eigenvalue weighted by molar-refractivity contribution is 7.99. The molecule has 1 aliphatic rings. The lowest BCUT2D eigenvalue weighted by molar-refractivity contribution is -0.227. The molecule has 1 unspecified atom stereocenters. The lowest BCUT2D eigenvalue weighted by atomic mass is 9.86. The lowest BCUT2D eigenvalue weighted by Gasteiger charge is -2.27. The summed E-state index contributed by atoms with van der Waals surface area (Å²) in [5.74, 6) is 0.140. The first-order valence-electron chi connectivity index (χ1n) is 5.93. The van der Waals surface area contributed by atoms with Gasteiger partial charge in [-0.15, -0.1) is 0 Å². The zero-order valence-corrected chi connectivity index (χ0v) is 11.1. The number of likely N-dealkylation sites (tertiary alicyclic amines) is 1. The van der Waals surface area contributed by atoms with Gasteiger partial charge in [0.2, 0.25) is 0 Å². The van der Waals surface area contributed by atoms with E-state index >= 15 is 0 Å². The molecule has 0 aliphatic carbocycles. The molecule has 0 saturated carbocycles. The van der Waals surface area contributed by atoms with Gasteiger partial charge in [-0.05, 0) is 37.4 Å². The monoisotopic (exact) mass is 285 g/mol. The average molecular weight is 285 g/mol. The van der Waals surface area contributed by atoms with Gasteiger partial charge in [-0.1, -0.05) is 6.92 Å². The standard InChI is InChI=1S/C11H18F3NO2S/c1-2-18-7-3-5-15-6-4-10(8-15,9(16)17)11(12,13)14/h2-8H2,1H3,(H,16,17). The molecular formula is C11H18F3NO2S. The lowest BCUT2D eigenvalue weighted by Crippen LogP contribution is -2.47. The number of hydrogen-bond acceptors (Lipinski definition) is 3. The molecule has 3 nitrogen and oxygen atoms in total. The molecular weight excluding hydrogens is 267 g/mol. The number of alkyl halides is 3. The summed E-state index contributed by atoms with van der Waals surface area (Å²) < 4.78 is 38.6. The van der Waals surface area contributed by atoms with Crippen molar-refractivity contribution in [3.8, 4) is 0 Å². The van der Waals surface area contributed by atoms with Crippen LogP contribution in [0, 0.1) is 5.41 Å². The van der Waals surface area contributed by atoms with E-state index in [1.807, 2.05) is 6.92 Å². The van der Waals surface area contributed by atoms with E-state index in [2.05, 4.69) is 0 Å². The van der Waals surface area contributed by atoms with Crippen LogP contribution in [0.5, 0.6) is 0 Å². The van der Waals surface area contributed by atoms with Gasteiger partial charge < -0.3 is 10.0 Å². The molecule has 1 N–H and O–H groups in total. The molecule has 1 atom stereocenters. The van der Waals surface area contributed by atoms with Crippen LogP contribution in [0.4, 0.5) is 13.2 Å². The molecule has 1 heterocycles. The third kappa shape index (κ3) is 3.32. The number of carbonyl (C=O) groups is 1. The predicted molar refractivity (Wildman–Crippen MR) is 64.8 cm³/mol. The Morgan fingerprint density at radius 3 is 2.61 bits per heavy atom. The van der Waals surface area contributed by atoms with Crippen LogP contribution in [-0.4, -0.2) is 53.3 Å². The Morgan fingerprint density at radius 1 is 1.50 bits per heavy atom. The molecule has 1 fully saturated rings. The topological polar surface area (TPSA) is 40.5 Å². The van der Waals surface area contributed by atoms with Gasteiger partial charge in [0.1, 0.15) is 0 Å². The van der Waals surface area contributed by atoms with Crippen LogP contribution in [0.3, 0.4) is 0 Å². The van der Waals surface area contributed by atoms with Crippen LogP contribution in [0.25, 0.3) is 0 Å². The van der Waals surface area contributed by atoms with Crippen molar-refractivity contribution in [2.24, 2.45) is 5.41 Å². The number of hydrogen-bond donors (Lipinski definition) is 1. The molecule has 1 rings (SSSR count). The van der Waals surface area contributed by atoms with Crippen molar-refractivity contribution in [2.45, 2.75) is 25.9 Å². The maximum absolute atomic E-state index is 12.9. The molecule has 0 aromatic rings. The summed E-state index contributed by atoms with van der Waals surface area (Å²) >= 11 is 1.74. The zero-order valence-electron chi connectivity index (χ0n) is 10.3. The summed E-state index contributed by atoms with van der Waals surface area (Å²) in [5.41, 5.74) is -2.56. The van der Waals surface area contributed by atoms with Gasteiger partial charge in [0, 0.05) is 6.54 Å². The van der Waals surface area contributed by atoms with E-state index in [0.717, 1.165) is 17.9 Å². The number of carboxylic acid groups (broad SMARTS) is 1. The molecule has 0 aromatic carbocycles. The van der Waals surface area contributed by atoms with Crippen molar-refractivity contribution in [1.29, 1.82) is 0 Å². The van der Waals surface area contributed by atoms with Crippen LogP contribution in [-0.2, 0) is 4.79 Å². The average Bonchev–Trinajstić information content (AvgIpc) is 2.69. The number of rotatable bonds is 6. The van der Waals surface area contributed by atoms with Crippen molar-refractivity contribution in [3.63, 3.8) is 0 Å². The van der Waals surface area contributed by atoms with Gasteiger partial charge in [0.05, 0.1) is 0 Å². The van der Waals surface area contributed by atoms with E-state index in [4.69, 9.17) is 5.11 Å². The third-order valence-corrected chi connectivity index (χ3v) is 4.25. The third-order valence-electron chi connectivity index (χ3n) is 3.27. The fraction of sp³-hybridized carbons (Fsp3) is 0.909. The second kappa shape index (κ2) is 6.14. The molecule has 0 bridgehead atoms. The maximum Gasteiger partial charge on any atom is 0.406 e. The van der Waals surface area contributed by atoms with E-state index in [1.165, 1.54) is 0 Å². The largest absolute Gasteiger partial charge is 0.481 e. The highest BCUT2D eigenvalue weighted by atomic mass is 32.2. The Hall–Kier alpha value is -0.430. The Kier molecular flexibility index (Phi) is 5.33. The summed E-state index contributed by atoms with van der Waals surface area (Å²) in [5, 5.41) is 8.88. The van der Waals surface area contributed by atoms with E-state index in [1.54, 1.807) is 16.7 Å². The minimum atomic E-state index is -4.67. The second-order valence-corrected chi connectivity index (χ2v) is 5.86. The first kappa shape index (κ1) is 15.6. The smallest absolute Gasteiger partial charge is 0.406 e.